The third-order valence-electron chi connectivity index (χ3n) is 6.26. The van der Waals surface area contributed by atoms with Gasteiger partial charge in [-0.25, -0.2) is 0 Å². The monoisotopic (exact) mass is 330 g/mol. The van der Waals surface area contributed by atoms with Gasteiger partial charge in [-0.3, -0.25) is 4.90 Å². The van der Waals surface area contributed by atoms with Gasteiger partial charge in [-0.05, 0) is 51.9 Å². The Morgan fingerprint density at radius 3 is 2.24 bits per heavy atom. The van der Waals surface area contributed by atoms with E-state index in [9.17, 15) is 0 Å². The lowest BCUT2D eigenvalue weighted by atomic mass is 9.75. The van der Waals surface area contributed by atoms with Gasteiger partial charge in [-0.2, -0.15) is 0 Å². The highest BCUT2D eigenvalue weighted by Crippen LogP contribution is 2.44. The van der Waals surface area contributed by atoms with Crippen molar-refractivity contribution in [3.8, 4) is 0 Å². The first-order valence-corrected chi connectivity index (χ1v) is 9.77. The normalized spacial score (nSPS) is 20.6. The summed E-state index contributed by atoms with van der Waals surface area (Å²) in [6.07, 6.45) is 4.17. The average molecular weight is 330 g/mol. The molecule has 2 aliphatic rings. The first-order chi connectivity index (χ1) is 12.4. The van der Waals surface area contributed by atoms with Gasteiger partial charge in [0.25, 0.3) is 0 Å². The van der Waals surface area contributed by atoms with Crippen molar-refractivity contribution in [3.05, 3.63) is 60.2 Å². The minimum Gasteiger partial charge on any atom is -0.314 e. The fourth-order valence-corrected chi connectivity index (χ4v) is 4.79. The predicted octanol–water partition coefficient (Wildman–Crippen LogP) is 4.74. The Kier molecular flexibility index (Phi) is 3.95. The Bertz CT molecular complexity index is 891. The number of piperazine rings is 1. The van der Waals surface area contributed by atoms with E-state index in [0.717, 1.165) is 19.0 Å². The van der Waals surface area contributed by atoms with Crippen LogP contribution in [0.2, 0.25) is 0 Å². The molecule has 0 aromatic heterocycles. The highest BCUT2D eigenvalue weighted by atomic mass is 15.2. The summed E-state index contributed by atoms with van der Waals surface area (Å²) in [4.78, 5) is 2.75. The Hall–Kier alpha value is -1.90. The second-order valence-corrected chi connectivity index (χ2v) is 7.65. The average Bonchev–Trinajstić information content (AvgIpc) is 2.65. The number of rotatable bonds is 3. The van der Waals surface area contributed by atoms with Crippen LogP contribution in [-0.2, 0) is 0 Å². The van der Waals surface area contributed by atoms with Gasteiger partial charge >= 0.3 is 0 Å². The van der Waals surface area contributed by atoms with Crippen molar-refractivity contribution in [2.24, 2.45) is 5.92 Å². The van der Waals surface area contributed by atoms with E-state index in [-0.39, 0.29) is 0 Å². The maximum atomic E-state index is 3.52. The van der Waals surface area contributed by atoms with Crippen LogP contribution >= 0.6 is 0 Å². The molecule has 5 rings (SSSR count). The van der Waals surface area contributed by atoms with Gasteiger partial charge in [0.2, 0.25) is 0 Å². The summed E-state index contributed by atoms with van der Waals surface area (Å²) < 4.78 is 0. The summed E-state index contributed by atoms with van der Waals surface area (Å²) in [6, 6.07) is 21.0. The number of fused-ring (bicyclic) bond motifs is 3. The van der Waals surface area contributed by atoms with Gasteiger partial charge in [-0.15, -0.1) is 0 Å². The van der Waals surface area contributed by atoms with Crippen molar-refractivity contribution < 1.29 is 0 Å². The second kappa shape index (κ2) is 6.44. The van der Waals surface area contributed by atoms with Crippen LogP contribution in [-0.4, -0.2) is 31.1 Å². The zero-order chi connectivity index (χ0) is 16.6. The molecule has 0 spiro atoms. The van der Waals surface area contributed by atoms with E-state index in [1.165, 1.54) is 53.9 Å². The molecule has 0 radical (unpaired) electrons. The second-order valence-electron chi connectivity index (χ2n) is 7.65. The first kappa shape index (κ1) is 15.4. The van der Waals surface area contributed by atoms with E-state index in [4.69, 9.17) is 0 Å². The third kappa shape index (κ3) is 2.65. The Labute approximate surface area is 149 Å². The van der Waals surface area contributed by atoms with E-state index in [0.29, 0.717) is 6.04 Å². The van der Waals surface area contributed by atoms with Gasteiger partial charge in [0.05, 0.1) is 0 Å². The molecule has 1 heterocycles. The maximum Gasteiger partial charge on any atom is 0.0383 e. The molecule has 1 saturated carbocycles. The Balaban J connectivity index is 1.72. The number of benzene rings is 3. The number of nitrogens with zero attached hydrogens (tertiary/aromatic N) is 1. The molecule has 0 amide bonds. The zero-order valence-electron chi connectivity index (χ0n) is 14.7. The molecular weight excluding hydrogens is 304 g/mol. The molecule has 3 aromatic rings. The first-order valence-electron chi connectivity index (χ1n) is 9.77. The number of hydrogen-bond acceptors (Lipinski definition) is 2. The highest BCUT2D eigenvalue weighted by molar-refractivity contribution is 6.09. The molecule has 128 valence electrons. The molecule has 3 aromatic carbocycles. The topological polar surface area (TPSA) is 15.3 Å². The van der Waals surface area contributed by atoms with Gasteiger partial charge in [0.1, 0.15) is 0 Å². The number of nitrogens with one attached hydrogen (secondary N) is 1. The van der Waals surface area contributed by atoms with E-state index in [1.807, 2.05) is 0 Å². The molecule has 1 aliphatic heterocycles. The van der Waals surface area contributed by atoms with Crippen LogP contribution < -0.4 is 5.32 Å². The fraction of sp³-hybridized carbons (Fsp3) is 0.391. The van der Waals surface area contributed by atoms with Crippen molar-refractivity contribution >= 4 is 21.5 Å². The smallest absolute Gasteiger partial charge is 0.0383 e. The number of hydrogen-bond donors (Lipinski definition) is 1. The lowest BCUT2D eigenvalue weighted by molar-refractivity contribution is 0.0847. The van der Waals surface area contributed by atoms with Crippen molar-refractivity contribution in [1.29, 1.82) is 0 Å². The summed E-state index contributed by atoms with van der Waals surface area (Å²) in [5.41, 5.74) is 1.56. The molecule has 0 bridgehead atoms. The maximum absolute atomic E-state index is 3.52. The van der Waals surface area contributed by atoms with Gasteiger partial charge in [0, 0.05) is 32.2 Å². The molecule has 2 fully saturated rings. The summed E-state index contributed by atoms with van der Waals surface area (Å²) in [7, 11) is 0. The van der Waals surface area contributed by atoms with Gasteiger partial charge in [0.15, 0.2) is 0 Å². The molecule has 2 heteroatoms. The van der Waals surface area contributed by atoms with Crippen LogP contribution in [0.5, 0.6) is 0 Å². The van der Waals surface area contributed by atoms with Crippen molar-refractivity contribution in [1.82, 2.24) is 10.2 Å². The largest absolute Gasteiger partial charge is 0.314 e. The minimum absolute atomic E-state index is 0.574. The molecule has 1 N–H and O–H groups in total. The van der Waals surface area contributed by atoms with Crippen LogP contribution in [0, 0.1) is 5.92 Å². The highest BCUT2D eigenvalue weighted by Gasteiger charge is 2.34. The van der Waals surface area contributed by atoms with E-state index in [2.05, 4.69) is 64.8 Å². The van der Waals surface area contributed by atoms with Crippen molar-refractivity contribution in [2.45, 2.75) is 25.3 Å². The lowest BCUT2D eigenvalue weighted by Crippen LogP contribution is -2.47. The molecule has 25 heavy (non-hydrogen) atoms. The van der Waals surface area contributed by atoms with Crippen LogP contribution in [0.4, 0.5) is 0 Å². The molecule has 1 aliphatic carbocycles. The van der Waals surface area contributed by atoms with Gasteiger partial charge in [-0.1, -0.05) is 55.0 Å². The van der Waals surface area contributed by atoms with Crippen molar-refractivity contribution in [2.75, 3.05) is 26.2 Å². The summed E-state index contributed by atoms with van der Waals surface area (Å²) in [5, 5.41) is 9.16. The van der Waals surface area contributed by atoms with E-state index in [1.54, 1.807) is 5.56 Å². The van der Waals surface area contributed by atoms with E-state index >= 15 is 0 Å². The summed E-state index contributed by atoms with van der Waals surface area (Å²) in [5.74, 6) is 0.822. The Morgan fingerprint density at radius 2 is 1.52 bits per heavy atom. The lowest BCUT2D eigenvalue weighted by Gasteiger charge is -2.43. The standard InChI is InChI=1S/C23H26N2/c1-2-9-19-18(6-1)16-22(21-11-4-3-10-20(19)21)23(17-7-5-8-17)25-14-12-24-13-15-25/h1-4,6,9-11,16-17,23-24H,5,7-8,12-15H2/t23-/m0/s1. The van der Waals surface area contributed by atoms with Gasteiger partial charge < -0.3 is 5.32 Å². The van der Waals surface area contributed by atoms with Crippen LogP contribution in [0.3, 0.4) is 0 Å². The zero-order valence-corrected chi connectivity index (χ0v) is 14.7. The van der Waals surface area contributed by atoms with Crippen molar-refractivity contribution in [3.63, 3.8) is 0 Å². The fourth-order valence-electron chi connectivity index (χ4n) is 4.79. The third-order valence-corrected chi connectivity index (χ3v) is 6.26. The SMILES string of the molecule is c1ccc2c(c1)cc([C@H](C1CCC1)N1CCNCC1)c1ccccc12. The molecule has 1 saturated heterocycles. The molecular formula is C23H26N2. The van der Waals surface area contributed by atoms with Crippen LogP contribution in [0.25, 0.3) is 21.5 Å². The molecule has 0 unspecified atom stereocenters. The molecule has 2 nitrogen and oxygen atoms in total. The minimum atomic E-state index is 0.574. The molecule has 1 atom stereocenters. The van der Waals surface area contributed by atoms with Crippen LogP contribution in [0.15, 0.2) is 54.6 Å². The Morgan fingerprint density at radius 1 is 0.840 bits per heavy atom. The summed E-state index contributed by atoms with van der Waals surface area (Å²) in [6.45, 7) is 4.58. The quantitative estimate of drug-likeness (QED) is 0.698. The predicted molar refractivity (Wildman–Crippen MR) is 106 cm³/mol. The van der Waals surface area contributed by atoms with Crippen LogP contribution in [0.1, 0.15) is 30.9 Å². The van der Waals surface area contributed by atoms with E-state index < -0.39 is 0 Å². The summed E-state index contributed by atoms with van der Waals surface area (Å²) >= 11 is 0.